The molecular formula is C20H33N5O2. The molecule has 7 nitrogen and oxygen atoms in total. The number of piperazine rings is 1. The third-order valence-corrected chi connectivity index (χ3v) is 6.04. The van der Waals surface area contributed by atoms with E-state index in [1.165, 1.54) is 5.56 Å². The summed E-state index contributed by atoms with van der Waals surface area (Å²) in [5, 5.41) is 0. The van der Waals surface area contributed by atoms with E-state index in [1.54, 1.807) is 7.11 Å². The molecule has 0 aromatic carbocycles. The van der Waals surface area contributed by atoms with Gasteiger partial charge in [0.2, 0.25) is 5.91 Å². The summed E-state index contributed by atoms with van der Waals surface area (Å²) in [6, 6.07) is 0. The van der Waals surface area contributed by atoms with Crippen LogP contribution in [-0.4, -0.2) is 89.6 Å². The van der Waals surface area contributed by atoms with E-state index >= 15 is 0 Å². The Bertz CT molecular complexity index is 626. The largest absolute Gasteiger partial charge is 0.375 e. The van der Waals surface area contributed by atoms with Crippen molar-refractivity contribution in [3.63, 3.8) is 0 Å². The van der Waals surface area contributed by atoms with Gasteiger partial charge < -0.3 is 9.64 Å². The summed E-state index contributed by atoms with van der Waals surface area (Å²) in [6.45, 7) is 10.1. The molecule has 1 amide bonds. The van der Waals surface area contributed by atoms with Crippen molar-refractivity contribution in [1.29, 1.82) is 0 Å². The van der Waals surface area contributed by atoms with Gasteiger partial charge in [0, 0.05) is 75.8 Å². The molecule has 1 aromatic rings. The van der Waals surface area contributed by atoms with Gasteiger partial charge in [-0.05, 0) is 19.9 Å². The molecule has 150 valence electrons. The molecule has 2 saturated heterocycles. The quantitative estimate of drug-likeness (QED) is 0.774. The topological polar surface area (TPSA) is 61.8 Å². The minimum atomic E-state index is 0.102. The second-order valence-corrected chi connectivity index (χ2v) is 8.27. The molecule has 0 radical (unpaired) electrons. The van der Waals surface area contributed by atoms with Crippen molar-refractivity contribution in [2.75, 3.05) is 53.5 Å². The lowest BCUT2D eigenvalue weighted by molar-refractivity contribution is -0.138. The number of aromatic nitrogens is 2. The number of rotatable bonds is 5. The Morgan fingerprint density at radius 1 is 1.19 bits per heavy atom. The number of likely N-dealkylation sites (N-methyl/N-ethyl adjacent to an activating group) is 1. The number of carbonyl (C=O) groups excluding carboxylic acids is 1. The fourth-order valence-corrected chi connectivity index (χ4v) is 4.21. The molecule has 1 spiro atoms. The number of likely N-dealkylation sites (tertiary alicyclic amines) is 1. The lowest BCUT2D eigenvalue weighted by atomic mass is 9.83. The highest BCUT2D eigenvalue weighted by atomic mass is 16.5. The van der Waals surface area contributed by atoms with Gasteiger partial charge >= 0.3 is 0 Å². The summed E-state index contributed by atoms with van der Waals surface area (Å²) >= 11 is 0. The SMILES string of the molecule is COCC(=O)N1CCC2(CC1)CN(Cc1cnc(C(C)C)nc1)CCN2C. The fraction of sp³-hybridized carbons (Fsp3) is 0.750. The zero-order valence-electron chi connectivity index (χ0n) is 17.1. The Morgan fingerprint density at radius 2 is 1.85 bits per heavy atom. The van der Waals surface area contributed by atoms with E-state index < -0.39 is 0 Å². The lowest BCUT2D eigenvalue weighted by Crippen LogP contribution is -2.64. The zero-order chi connectivity index (χ0) is 19.4. The minimum absolute atomic E-state index is 0.102. The molecule has 0 saturated carbocycles. The molecule has 3 rings (SSSR count). The maximum Gasteiger partial charge on any atom is 0.248 e. The van der Waals surface area contributed by atoms with Crippen LogP contribution in [0, 0.1) is 0 Å². The van der Waals surface area contributed by atoms with Crippen molar-refractivity contribution in [3.05, 3.63) is 23.8 Å². The first kappa shape index (κ1) is 20.2. The molecule has 0 aliphatic carbocycles. The fourth-order valence-electron chi connectivity index (χ4n) is 4.21. The number of carbonyl (C=O) groups is 1. The van der Waals surface area contributed by atoms with Crippen molar-refractivity contribution in [2.45, 2.75) is 44.7 Å². The smallest absolute Gasteiger partial charge is 0.248 e. The molecule has 3 heterocycles. The number of piperidine rings is 1. The van der Waals surface area contributed by atoms with Crippen molar-refractivity contribution in [3.8, 4) is 0 Å². The van der Waals surface area contributed by atoms with Gasteiger partial charge in [0.1, 0.15) is 12.4 Å². The number of nitrogens with zero attached hydrogens (tertiary/aromatic N) is 5. The van der Waals surface area contributed by atoms with E-state index in [2.05, 4.69) is 40.7 Å². The molecule has 7 heteroatoms. The predicted octanol–water partition coefficient (Wildman–Crippen LogP) is 1.36. The first-order valence-corrected chi connectivity index (χ1v) is 9.94. The van der Waals surface area contributed by atoms with E-state index in [-0.39, 0.29) is 18.1 Å². The van der Waals surface area contributed by atoms with Crippen molar-refractivity contribution in [1.82, 2.24) is 24.7 Å². The summed E-state index contributed by atoms with van der Waals surface area (Å²) < 4.78 is 5.00. The van der Waals surface area contributed by atoms with Crippen LogP contribution in [0.4, 0.5) is 0 Å². The van der Waals surface area contributed by atoms with Gasteiger partial charge in [-0.2, -0.15) is 0 Å². The first-order valence-electron chi connectivity index (χ1n) is 9.94. The first-order chi connectivity index (χ1) is 12.9. The molecule has 0 unspecified atom stereocenters. The molecule has 0 N–H and O–H groups in total. The van der Waals surface area contributed by atoms with E-state index in [1.807, 2.05) is 17.3 Å². The summed E-state index contributed by atoms with van der Waals surface area (Å²) in [6.07, 6.45) is 5.97. The molecule has 0 bridgehead atoms. The van der Waals surface area contributed by atoms with Crippen LogP contribution in [0.15, 0.2) is 12.4 Å². The van der Waals surface area contributed by atoms with Crippen molar-refractivity contribution >= 4 is 5.91 Å². The number of amides is 1. The van der Waals surface area contributed by atoms with Crippen LogP contribution in [-0.2, 0) is 16.1 Å². The van der Waals surface area contributed by atoms with Crippen LogP contribution in [0.1, 0.15) is 44.0 Å². The van der Waals surface area contributed by atoms with E-state index in [9.17, 15) is 4.79 Å². The summed E-state index contributed by atoms with van der Waals surface area (Å²) in [5.41, 5.74) is 1.33. The minimum Gasteiger partial charge on any atom is -0.375 e. The van der Waals surface area contributed by atoms with Gasteiger partial charge in [-0.3, -0.25) is 14.6 Å². The molecule has 27 heavy (non-hydrogen) atoms. The Morgan fingerprint density at radius 3 is 2.44 bits per heavy atom. The number of ether oxygens (including phenoxy) is 1. The van der Waals surface area contributed by atoms with Gasteiger partial charge in [-0.1, -0.05) is 13.8 Å². The summed E-state index contributed by atoms with van der Waals surface area (Å²) in [4.78, 5) is 28.1. The molecule has 2 aliphatic rings. The van der Waals surface area contributed by atoms with Crippen LogP contribution in [0.5, 0.6) is 0 Å². The third kappa shape index (κ3) is 4.65. The molecule has 2 aliphatic heterocycles. The highest BCUT2D eigenvalue weighted by Gasteiger charge is 2.42. The highest BCUT2D eigenvalue weighted by Crippen LogP contribution is 2.32. The van der Waals surface area contributed by atoms with E-state index in [0.29, 0.717) is 5.92 Å². The van der Waals surface area contributed by atoms with Crippen LogP contribution in [0.2, 0.25) is 0 Å². The predicted molar refractivity (Wildman–Crippen MR) is 104 cm³/mol. The lowest BCUT2D eigenvalue weighted by Gasteiger charge is -2.53. The average Bonchev–Trinajstić information content (AvgIpc) is 2.66. The Hall–Kier alpha value is -1.57. The normalized spacial score (nSPS) is 21.1. The number of hydrogen-bond donors (Lipinski definition) is 0. The molecule has 0 atom stereocenters. The van der Waals surface area contributed by atoms with Crippen LogP contribution in [0.3, 0.4) is 0 Å². The summed E-state index contributed by atoms with van der Waals surface area (Å²) in [7, 11) is 3.80. The average molecular weight is 376 g/mol. The van der Waals surface area contributed by atoms with Gasteiger partial charge in [-0.15, -0.1) is 0 Å². The van der Waals surface area contributed by atoms with E-state index in [4.69, 9.17) is 4.74 Å². The maximum absolute atomic E-state index is 12.1. The van der Waals surface area contributed by atoms with Gasteiger partial charge in [-0.25, -0.2) is 9.97 Å². The Kier molecular flexibility index (Phi) is 6.44. The zero-order valence-corrected chi connectivity index (χ0v) is 17.1. The third-order valence-electron chi connectivity index (χ3n) is 6.04. The highest BCUT2D eigenvalue weighted by molar-refractivity contribution is 5.77. The van der Waals surface area contributed by atoms with Crippen molar-refractivity contribution < 1.29 is 9.53 Å². The monoisotopic (exact) mass is 375 g/mol. The van der Waals surface area contributed by atoms with Gasteiger partial charge in [0.05, 0.1) is 0 Å². The maximum atomic E-state index is 12.1. The molecule has 2 fully saturated rings. The van der Waals surface area contributed by atoms with Crippen LogP contribution in [0.25, 0.3) is 0 Å². The van der Waals surface area contributed by atoms with Crippen molar-refractivity contribution in [2.24, 2.45) is 0 Å². The number of hydrogen-bond acceptors (Lipinski definition) is 6. The van der Waals surface area contributed by atoms with Crippen LogP contribution >= 0.6 is 0 Å². The standard InChI is InChI=1S/C20H33N5O2/c1-16(2)19-21-11-17(12-22-19)13-24-10-9-23(3)20(15-24)5-7-25(8-6-20)18(26)14-27-4/h11-12,16H,5-10,13-15H2,1-4H3. The Balaban J connectivity index is 1.60. The van der Waals surface area contributed by atoms with Gasteiger partial charge in [0.25, 0.3) is 0 Å². The van der Waals surface area contributed by atoms with E-state index in [0.717, 1.165) is 57.9 Å². The number of methoxy groups -OCH3 is 1. The summed E-state index contributed by atoms with van der Waals surface area (Å²) in [5.74, 6) is 1.36. The molecular weight excluding hydrogens is 342 g/mol. The van der Waals surface area contributed by atoms with Crippen LogP contribution < -0.4 is 0 Å². The Labute approximate surface area is 162 Å². The van der Waals surface area contributed by atoms with Gasteiger partial charge in [0.15, 0.2) is 0 Å². The second-order valence-electron chi connectivity index (χ2n) is 8.27. The second kappa shape index (κ2) is 8.63. The molecule has 1 aromatic heterocycles.